The number of non-ortho nitro benzene ring substituents is 1. The standard InChI is InChI=1S/C17H15N5O3S/c1-12-9-14(22(24)25)7-8-15(12)20-16(23)10-26-17-18-11-19-21(17)13-5-3-2-4-6-13/h2-9,11H,10H2,1H3,(H,20,23)/p+1. The Hall–Kier alpha value is -3.20. The van der Waals surface area contributed by atoms with Gasteiger partial charge in [0.2, 0.25) is 12.2 Å². The average molecular weight is 370 g/mol. The molecule has 0 aliphatic carbocycles. The van der Waals surface area contributed by atoms with Gasteiger partial charge in [0.05, 0.1) is 10.7 Å². The molecule has 0 saturated heterocycles. The van der Waals surface area contributed by atoms with Crippen LogP contribution in [0, 0.1) is 17.0 Å². The van der Waals surface area contributed by atoms with Crippen molar-refractivity contribution >= 4 is 29.0 Å². The highest BCUT2D eigenvalue weighted by Gasteiger charge is 2.19. The number of nitrogens with one attached hydrogen (secondary N) is 2. The molecular formula is C17H16N5O3S+. The van der Waals surface area contributed by atoms with E-state index in [1.54, 1.807) is 17.9 Å². The molecule has 0 bridgehead atoms. The van der Waals surface area contributed by atoms with Crippen LogP contribution >= 0.6 is 11.8 Å². The molecule has 1 amide bonds. The predicted molar refractivity (Wildman–Crippen MR) is 97.3 cm³/mol. The van der Waals surface area contributed by atoms with E-state index in [1.807, 2.05) is 30.3 Å². The van der Waals surface area contributed by atoms with Crippen LogP contribution in [-0.4, -0.2) is 26.7 Å². The molecule has 0 aliphatic heterocycles. The largest absolute Gasteiger partial charge is 0.385 e. The van der Waals surface area contributed by atoms with Crippen molar-refractivity contribution < 1.29 is 14.4 Å². The molecular weight excluding hydrogens is 354 g/mol. The quantitative estimate of drug-likeness (QED) is 0.300. The minimum atomic E-state index is -0.464. The van der Waals surface area contributed by atoms with Gasteiger partial charge in [0.1, 0.15) is 0 Å². The number of anilines is 1. The lowest BCUT2D eigenvalue weighted by Gasteiger charge is -2.07. The van der Waals surface area contributed by atoms with Crippen molar-refractivity contribution in [3.05, 3.63) is 70.5 Å². The number of hydrogen-bond acceptors (Lipinski definition) is 5. The van der Waals surface area contributed by atoms with E-state index in [9.17, 15) is 14.9 Å². The fourth-order valence-corrected chi connectivity index (χ4v) is 3.08. The molecule has 2 N–H and O–H groups in total. The van der Waals surface area contributed by atoms with E-state index in [0.717, 1.165) is 5.69 Å². The van der Waals surface area contributed by atoms with Crippen molar-refractivity contribution in [2.45, 2.75) is 12.1 Å². The predicted octanol–water partition coefficient (Wildman–Crippen LogP) is 2.63. The first kappa shape index (κ1) is 17.6. The van der Waals surface area contributed by atoms with E-state index in [4.69, 9.17) is 0 Å². The van der Waals surface area contributed by atoms with Gasteiger partial charge in [0.15, 0.2) is 5.69 Å². The summed E-state index contributed by atoms with van der Waals surface area (Å²) in [4.78, 5) is 26.8. The number of rotatable bonds is 6. The number of hydrogen-bond donors (Lipinski definition) is 2. The molecule has 26 heavy (non-hydrogen) atoms. The van der Waals surface area contributed by atoms with E-state index in [0.29, 0.717) is 16.4 Å². The van der Waals surface area contributed by atoms with E-state index < -0.39 is 4.92 Å². The summed E-state index contributed by atoms with van der Waals surface area (Å²) in [6, 6.07) is 14.0. The second-order valence-electron chi connectivity index (χ2n) is 5.43. The van der Waals surface area contributed by atoms with Gasteiger partial charge in [-0.15, -0.1) is 4.68 Å². The Kier molecular flexibility index (Phi) is 5.28. The number of amides is 1. The highest BCUT2D eigenvalue weighted by molar-refractivity contribution is 7.99. The van der Waals surface area contributed by atoms with Crippen molar-refractivity contribution in [2.24, 2.45) is 0 Å². The van der Waals surface area contributed by atoms with Crippen LogP contribution in [-0.2, 0) is 4.79 Å². The molecule has 0 aliphatic rings. The van der Waals surface area contributed by atoms with Gasteiger partial charge < -0.3 is 5.32 Å². The molecule has 0 spiro atoms. The second kappa shape index (κ2) is 7.79. The number of H-pyrrole nitrogens is 1. The number of carbonyl (C=O) groups is 1. The van der Waals surface area contributed by atoms with Crippen LogP contribution in [0.1, 0.15) is 5.56 Å². The molecule has 1 heterocycles. The molecule has 2 aromatic carbocycles. The number of thioether (sulfide) groups is 1. The van der Waals surface area contributed by atoms with Crippen LogP contribution in [0.15, 0.2) is 60.0 Å². The third-order valence-corrected chi connectivity index (χ3v) is 4.55. The fourth-order valence-electron chi connectivity index (χ4n) is 2.34. The number of nitrogens with zero attached hydrogens (tertiary/aromatic N) is 3. The number of nitro groups is 1. The van der Waals surface area contributed by atoms with E-state index in [1.165, 1.54) is 30.0 Å². The lowest BCUT2D eigenvalue weighted by Crippen LogP contribution is -2.35. The molecule has 9 heteroatoms. The summed E-state index contributed by atoms with van der Waals surface area (Å²) in [7, 11) is 0. The van der Waals surface area contributed by atoms with Gasteiger partial charge in [-0.2, -0.15) is 5.10 Å². The Morgan fingerprint density at radius 2 is 2.08 bits per heavy atom. The molecule has 8 nitrogen and oxygen atoms in total. The van der Waals surface area contributed by atoms with Gasteiger partial charge >= 0.3 is 5.16 Å². The van der Waals surface area contributed by atoms with Crippen LogP contribution < -0.4 is 10.00 Å². The minimum absolute atomic E-state index is 0.00435. The van der Waals surface area contributed by atoms with Crippen LogP contribution in [0.25, 0.3) is 5.69 Å². The summed E-state index contributed by atoms with van der Waals surface area (Å²) in [5.41, 5.74) is 2.10. The summed E-state index contributed by atoms with van der Waals surface area (Å²) < 4.78 is 1.79. The molecule has 0 atom stereocenters. The van der Waals surface area contributed by atoms with Gasteiger partial charge in [0.25, 0.3) is 5.69 Å². The lowest BCUT2D eigenvalue weighted by molar-refractivity contribution is -0.694. The summed E-state index contributed by atoms with van der Waals surface area (Å²) in [6.45, 7) is 1.72. The van der Waals surface area contributed by atoms with Crippen LogP contribution in [0.2, 0.25) is 0 Å². The van der Waals surface area contributed by atoms with Crippen molar-refractivity contribution in [3.63, 3.8) is 0 Å². The normalized spacial score (nSPS) is 10.5. The third kappa shape index (κ3) is 4.06. The van der Waals surface area contributed by atoms with Gasteiger partial charge in [-0.3, -0.25) is 14.9 Å². The Morgan fingerprint density at radius 3 is 2.77 bits per heavy atom. The fraction of sp³-hybridized carbons (Fsp3) is 0.118. The monoisotopic (exact) mass is 370 g/mol. The maximum absolute atomic E-state index is 12.2. The zero-order valence-electron chi connectivity index (χ0n) is 13.9. The Balaban J connectivity index is 1.64. The number of para-hydroxylation sites is 1. The first-order valence-electron chi connectivity index (χ1n) is 7.73. The molecule has 0 unspecified atom stereocenters. The molecule has 1 aromatic heterocycles. The SMILES string of the molecule is Cc1cc([N+](=O)[O-])ccc1NC(=O)CSc1nc[nH][n+]1-c1ccccc1. The minimum Gasteiger partial charge on any atom is -0.325 e. The van der Waals surface area contributed by atoms with Gasteiger partial charge in [-0.1, -0.05) is 18.2 Å². The number of aromatic amines is 1. The zero-order valence-corrected chi connectivity index (χ0v) is 14.7. The van der Waals surface area contributed by atoms with E-state index >= 15 is 0 Å². The van der Waals surface area contributed by atoms with Crippen molar-refractivity contribution in [3.8, 4) is 5.69 Å². The first-order valence-corrected chi connectivity index (χ1v) is 8.71. The maximum atomic E-state index is 12.2. The summed E-state index contributed by atoms with van der Waals surface area (Å²) in [5, 5.41) is 17.2. The Bertz CT molecular complexity index is 943. The highest BCUT2D eigenvalue weighted by Crippen LogP contribution is 2.21. The number of benzene rings is 2. The highest BCUT2D eigenvalue weighted by atomic mass is 32.2. The summed E-state index contributed by atoms with van der Waals surface area (Å²) in [5.74, 6) is -0.0525. The molecule has 3 aromatic rings. The van der Waals surface area contributed by atoms with Crippen molar-refractivity contribution in [1.29, 1.82) is 0 Å². The topological polar surface area (TPSA) is 105 Å². The number of aryl methyl sites for hydroxylation is 1. The number of nitro benzene ring substituents is 1. The van der Waals surface area contributed by atoms with E-state index in [2.05, 4.69) is 15.4 Å². The van der Waals surface area contributed by atoms with Crippen LogP contribution in [0.5, 0.6) is 0 Å². The van der Waals surface area contributed by atoms with Gasteiger partial charge in [0, 0.05) is 17.8 Å². The maximum Gasteiger partial charge on any atom is 0.385 e. The molecule has 132 valence electrons. The van der Waals surface area contributed by atoms with Gasteiger partial charge in [-0.05, 0) is 47.4 Å². The van der Waals surface area contributed by atoms with Crippen LogP contribution in [0.3, 0.4) is 0 Å². The molecule has 0 saturated carbocycles. The lowest BCUT2D eigenvalue weighted by atomic mass is 10.2. The number of carbonyl (C=O) groups excluding carboxylic acids is 1. The summed E-state index contributed by atoms with van der Waals surface area (Å²) >= 11 is 1.29. The summed E-state index contributed by atoms with van der Waals surface area (Å²) in [6.07, 6.45) is 1.56. The van der Waals surface area contributed by atoms with E-state index in [-0.39, 0.29) is 17.3 Å². The third-order valence-electron chi connectivity index (χ3n) is 3.59. The second-order valence-corrected chi connectivity index (χ2v) is 6.38. The Morgan fingerprint density at radius 1 is 1.31 bits per heavy atom. The number of aromatic nitrogens is 3. The van der Waals surface area contributed by atoms with Crippen LogP contribution in [0.4, 0.5) is 11.4 Å². The smallest absolute Gasteiger partial charge is 0.325 e. The molecule has 0 fully saturated rings. The molecule has 0 radical (unpaired) electrons. The van der Waals surface area contributed by atoms with Crippen molar-refractivity contribution in [2.75, 3.05) is 11.1 Å². The van der Waals surface area contributed by atoms with Gasteiger partial charge in [-0.25, -0.2) is 0 Å². The average Bonchev–Trinajstić information content (AvgIpc) is 3.11. The Labute approximate surface area is 153 Å². The zero-order chi connectivity index (χ0) is 18.5. The first-order chi connectivity index (χ1) is 12.5. The van der Waals surface area contributed by atoms with Crippen molar-refractivity contribution in [1.82, 2.24) is 10.1 Å². The molecule has 3 rings (SSSR count).